The van der Waals surface area contributed by atoms with Crippen molar-refractivity contribution < 1.29 is 19.4 Å². The molecule has 1 saturated heterocycles. The fourth-order valence-corrected chi connectivity index (χ4v) is 1.59. The number of rotatable bonds is 3. The van der Waals surface area contributed by atoms with E-state index < -0.39 is 5.97 Å². The second-order valence-corrected chi connectivity index (χ2v) is 3.98. The first-order valence-corrected chi connectivity index (χ1v) is 5.34. The van der Waals surface area contributed by atoms with E-state index >= 15 is 0 Å². The Morgan fingerprint density at radius 3 is 2.81 bits per heavy atom. The van der Waals surface area contributed by atoms with Gasteiger partial charge in [0.15, 0.2) is 0 Å². The van der Waals surface area contributed by atoms with Crippen LogP contribution in [0.2, 0.25) is 0 Å². The topological polar surface area (TPSA) is 70.1 Å². The summed E-state index contributed by atoms with van der Waals surface area (Å²) in [7, 11) is 1.62. The molecule has 0 bridgehead atoms. The zero-order valence-corrected chi connectivity index (χ0v) is 9.68. The van der Waals surface area contributed by atoms with Crippen molar-refractivity contribution in [2.45, 2.75) is 19.4 Å². The van der Waals surface area contributed by atoms with Crippen LogP contribution in [0.3, 0.4) is 0 Å². The molecule has 1 aliphatic heterocycles. The van der Waals surface area contributed by atoms with E-state index in [1.165, 1.54) is 4.90 Å². The van der Waals surface area contributed by atoms with Gasteiger partial charge in [-0.2, -0.15) is 0 Å². The van der Waals surface area contributed by atoms with Gasteiger partial charge in [0.1, 0.15) is 0 Å². The summed E-state index contributed by atoms with van der Waals surface area (Å²) in [4.78, 5) is 25.4. The third kappa shape index (κ3) is 3.69. The summed E-state index contributed by atoms with van der Waals surface area (Å²) in [5.74, 6) is -0.894. The van der Waals surface area contributed by atoms with E-state index in [0.717, 1.165) is 0 Å². The number of carboxylic acids is 1. The highest BCUT2D eigenvalue weighted by Gasteiger charge is 2.23. The van der Waals surface area contributed by atoms with Crippen molar-refractivity contribution in [1.82, 2.24) is 9.80 Å². The van der Waals surface area contributed by atoms with Crippen molar-refractivity contribution in [3.8, 4) is 0 Å². The Balaban J connectivity index is 2.40. The van der Waals surface area contributed by atoms with Crippen molar-refractivity contribution in [2.24, 2.45) is 0 Å². The molecule has 1 N–H and O–H groups in total. The number of ether oxygens (including phenoxy) is 1. The van der Waals surface area contributed by atoms with Gasteiger partial charge in [0.05, 0.1) is 19.1 Å². The molecular weight excluding hydrogens is 212 g/mol. The van der Waals surface area contributed by atoms with E-state index in [9.17, 15) is 9.59 Å². The van der Waals surface area contributed by atoms with Crippen LogP contribution in [0.4, 0.5) is 4.79 Å². The van der Waals surface area contributed by atoms with E-state index in [1.807, 2.05) is 6.92 Å². The van der Waals surface area contributed by atoms with Gasteiger partial charge in [-0.3, -0.25) is 4.79 Å². The maximum atomic E-state index is 11.9. The Morgan fingerprint density at radius 2 is 2.25 bits per heavy atom. The number of hydrogen-bond donors (Lipinski definition) is 1. The fourth-order valence-electron chi connectivity index (χ4n) is 1.59. The summed E-state index contributed by atoms with van der Waals surface area (Å²) in [6, 6.07) is -0.128. The van der Waals surface area contributed by atoms with Gasteiger partial charge < -0.3 is 19.6 Å². The molecule has 16 heavy (non-hydrogen) atoms. The first-order chi connectivity index (χ1) is 7.50. The molecule has 0 saturated carbocycles. The standard InChI is InChI=1S/C10H18N2O4/c1-8-7-12(5-6-16-8)10(15)11(2)4-3-9(13)14/h8H,3-7H2,1-2H3,(H,13,14). The molecule has 0 aromatic rings. The molecule has 0 aromatic carbocycles. The smallest absolute Gasteiger partial charge is 0.319 e. The van der Waals surface area contributed by atoms with Crippen molar-refractivity contribution in [3.63, 3.8) is 0 Å². The fraction of sp³-hybridized carbons (Fsp3) is 0.800. The predicted octanol–water partition coefficient (Wildman–Crippen LogP) is 0.234. The van der Waals surface area contributed by atoms with Crippen molar-refractivity contribution in [2.75, 3.05) is 33.3 Å². The second-order valence-electron chi connectivity index (χ2n) is 3.98. The third-order valence-corrected chi connectivity index (χ3v) is 2.50. The normalized spacial score (nSPS) is 20.6. The third-order valence-electron chi connectivity index (χ3n) is 2.50. The summed E-state index contributed by atoms with van der Waals surface area (Å²) >= 11 is 0. The van der Waals surface area contributed by atoms with E-state index in [2.05, 4.69) is 0 Å². The Morgan fingerprint density at radius 1 is 1.56 bits per heavy atom. The number of nitrogens with zero attached hydrogens (tertiary/aromatic N) is 2. The Labute approximate surface area is 94.8 Å². The first-order valence-electron chi connectivity index (χ1n) is 5.34. The highest BCUT2D eigenvalue weighted by atomic mass is 16.5. The summed E-state index contributed by atoms with van der Waals surface area (Å²) in [5.41, 5.74) is 0. The number of aliphatic carboxylic acids is 1. The van der Waals surface area contributed by atoms with E-state index in [0.29, 0.717) is 19.7 Å². The molecule has 92 valence electrons. The number of urea groups is 1. The number of hydrogen-bond acceptors (Lipinski definition) is 3. The van der Waals surface area contributed by atoms with Gasteiger partial charge in [0, 0.05) is 26.7 Å². The average Bonchev–Trinajstić information content (AvgIpc) is 2.24. The SMILES string of the molecule is CC1CN(C(=O)N(C)CCC(=O)O)CCO1. The molecule has 1 atom stereocenters. The predicted molar refractivity (Wildman–Crippen MR) is 57.3 cm³/mol. The van der Waals surface area contributed by atoms with Crippen LogP contribution in [0.5, 0.6) is 0 Å². The van der Waals surface area contributed by atoms with E-state index in [-0.39, 0.29) is 25.1 Å². The van der Waals surface area contributed by atoms with Crippen molar-refractivity contribution in [1.29, 1.82) is 0 Å². The van der Waals surface area contributed by atoms with Gasteiger partial charge in [0.2, 0.25) is 0 Å². The molecule has 1 fully saturated rings. The average molecular weight is 230 g/mol. The Hall–Kier alpha value is -1.30. The number of carbonyl (C=O) groups excluding carboxylic acids is 1. The van der Waals surface area contributed by atoms with E-state index in [1.54, 1.807) is 11.9 Å². The molecule has 1 rings (SSSR count). The zero-order chi connectivity index (χ0) is 12.1. The Kier molecular flexibility index (Phi) is 4.54. The van der Waals surface area contributed by atoms with Crippen molar-refractivity contribution >= 4 is 12.0 Å². The summed E-state index contributed by atoms with van der Waals surface area (Å²) in [5, 5.41) is 8.52. The number of carboxylic acid groups (broad SMARTS) is 1. The van der Waals surface area contributed by atoms with Crippen LogP contribution in [0.25, 0.3) is 0 Å². The molecule has 6 heteroatoms. The Bertz CT molecular complexity index is 270. The number of morpholine rings is 1. The lowest BCUT2D eigenvalue weighted by Gasteiger charge is -2.33. The minimum atomic E-state index is -0.894. The van der Waals surface area contributed by atoms with Gasteiger partial charge in [-0.1, -0.05) is 0 Å². The van der Waals surface area contributed by atoms with Crippen LogP contribution >= 0.6 is 0 Å². The molecule has 1 unspecified atom stereocenters. The highest BCUT2D eigenvalue weighted by molar-refractivity contribution is 5.75. The lowest BCUT2D eigenvalue weighted by atomic mass is 10.3. The molecule has 6 nitrogen and oxygen atoms in total. The molecule has 1 heterocycles. The quantitative estimate of drug-likeness (QED) is 0.753. The molecule has 0 spiro atoms. The maximum Gasteiger partial charge on any atom is 0.319 e. The van der Waals surface area contributed by atoms with Crippen LogP contribution in [-0.4, -0.2) is 66.3 Å². The van der Waals surface area contributed by atoms with Crippen molar-refractivity contribution in [3.05, 3.63) is 0 Å². The minimum Gasteiger partial charge on any atom is -0.481 e. The molecular formula is C10H18N2O4. The lowest BCUT2D eigenvalue weighted by molar-refractivity contribution is -0.137. The largest absolute Gasteiger partial charge is 0.481 e. The summed E-state index contributed by atoms with van der Waals surface area (Å²) < 4.78 is 5.33. The van der Waals surface area contributed by atoms with Gasteiger partial charge in [-0.05, 0) is 6.92 Å². The second kappa shape index (κ2) is 5.69. The molecule has 0 aliphatic carbocycles. The molecule has 0 radical (unpaired) electrons. The van der Waals surface area contributed by atoms with Crippen LogP contribution in [-0.2, 0) is 9.53 Å². The number of amides is 2. The number of carbonyl (C=O) groups is 2. The van der Waals surface area contributed by atoms with Gasteiger partial charge in [-0.15, -0.1) is 0 Å². The van der Waals surface area contributed by atoms with Gasteiger partial charge >= 0.3 is 12.0 Å². The molecule has 0 aromatic heterocycles. The highest BCUT2D eigenvalue weighted by Crippen LogP contribution is 2.07. The van der Waals surface area contributed by atoms with Crippen LogP contribution in [0, 0.1) is 0 Å². The zero-order valence-electron chi connectivity index (χ0n) is 9.68. The van der Waals surface area contributed by atoms with Crippen LogP contribution in [0.1, 0.15) is 13.3 Å². The molecule has 2 amide bonds. The van der Waals surface area contributed by atoms with Crippen LogP contribution < -0.4 is 0 Å². The maximum absolute atomic E-state index is 11.9. The van der Waals surface area contributed by atoms with E-state index in [4.69, 9.17) is 9.84 Å². The molecule has 1 aliphatic rings. The van der Waals surface area contributed by atoms with Gasteiger partial charge in [-0.25, -0.2) is 4.79 Å². The summed E-state index contributed by atoms with van der Waals surface area (Å²) in [6.07, 6.45) is 0.0212. The van der Waals surface area contributed by atoms with Gasteiger partial charge in [0.25, 0.3) is 0 Å². The monoisotopic (exact) mass is 230 g/mol. The van der Waals surface area contributed by atoms with Crippen LogP contribution in [0.15, 0.2) is 0 Å². The lowest BCUT2D eigenvalue weighted by Crippen LogP contribution is -2.49. The minimum absolute atomic E-state index is 0.0257. The first kappa shape index (κ1) is 12.8. The summed E-state index contributed by atoms with van der Waals surface area (Å²) in [6.45, 7) is 3.83.